The first-order valence-electron chi connectivity index (χ1n) is 9.55. The molecule has 2 aromatic rings. The summed E-state index contributed by atoms with van der Waals surface area (Å²) >= 11 is 0. The molecule has 9 nitrogen and oxygen atoms in total. The van der Waals surface area contributed by atoms with E-state index in [1.165, 1.54) is 7.11 Å². The number of hydrogen-bond acceptors (Lipinski definition) is 7. The van der Waals surface area contributed by atoms with Crippen LogP contribution in [0.15, 0.2) is 24.7 Å². The van der Waals surface area contributed by atoms with E-state index < -0.39 is 35.4 Å². The summed E-state index contributed by atoms with van der Waals surface area (Å²) in [5.74, 6) is -0.768. The number of rotatable bonds is 4. The van der Waals surface area contributed by atoms with E-state index in [9.17, 15) is 14.4 Å². The minimum atomic E-state index is -1.29. The molecule has 0 aromatic carbocycles. The van der Waals surface area contributed by atoms with Crippen molar-refractivity contribution in [3.63, 3.8) is 0 Å². The molecule has 30 heavy (non-hydrogen) atoms. The van der Waals surface area contributed by atoms with Gasteiger partial charge in [-0.3, -0.25) is 4.98 Å². The minimum absolute atomic E-state index is 0.00910. The van der Waals surface area contributed by atoms with Crippen LogP contribution >= 0.6 is 0 Å². The number of imide groups is 1. The normalized spacial score (nSPS) is 12.9. The molecule has 0 aliphatic carbocycles. The van der Waals surface area contributed by atoms with Crippen molar-refractivity contribution in [1.29, 1.82) is 0 Å². The van der Waals surface area contributed by atoms with Gasteiger partial charge in [-0.15, -0.1) is 0 Å². The van der Waals surface area contributed by atoms with Crippen molar-refractivity contribution < 1.29 is 28.6 Å². The fraction of sp³-hybridized carbons (Fsp3) is 0.524. The summed E-state index contributed by atoms with van der Waals surface area (Å²) < 4.78 is 15.7. The van der Waals surface area contributed by atoms with Crippen LogP contribution in [0.25, 0.3) is 10.9 Å². The van der Waals surface area contributed by atoms with Gasteiger partial charge in [-0.05, 0) is 53.2 Å². The Morgan fingerprint density at radius 3 is 2.13 bits per heavy atom. The first kappa shape index (κ1) is 23.2. The molecular formula is C21H29N3O6. The number of nitrogens with zero attached hydrogens (tertiary/aromatic N) is 2. The SMILES string of the molecule is COC(=O)[C@H](Cc1c[nH]c2cnccc12)N(C(=O)OC(C)(C)C)C(=O)OC(C)(C)C. The monoisotopic (exact) mass is 419 g/mol. The van der Waals surface area contributed by atoms with E-state index in [-0.39, 0.29) is 6.42 Å². The van der Waals surface area contributed by atoms with Gasteiger partial charge in [0.25, 0.3) is 0 Å². The number of nitrogens with one attached hydrogen (secondary N) is 1. The van der Waals surface area contributed by atoms with Crippen LogP contribution in [-0.2, 0) is 25.4 Å². The van der Waals surface area contributed by atoms with E-state index in [2.05, 4.69) is 9.97 Å². The largest absolute Gasteiger partial charge is 0.467 e. The van der Waals surface area contributed by atoms with Crippen LogP contribution in [-0.4, -0.2) is 57.4 Å². The average Bonchev–Trinajstić information content (AvgIpc) is 3.00. The Balaban J connectivity index is 2.48. The molecule has 2 aromatic heterocycles. The number of hydrogen-bond donors (Lipinski definition) is 1. The number of H-pyrrole nitrogens is 1. The number of aromatic nitrogens is 2. The Morgan fingerprint density at radius 2 is 1.63 bits per heavy atom. The highest BCUT2D eigenvalue weighted by Crippen LogP contribution is 2.23. The van der Waals surface area contributed by atoms with Crippen LogP contribution in [0.4, 0.5) is 9.59 Å². The molecule has 2 heterocycles. The molecule has 0 radical (unpaired) electrons. The predicted molar refractivity (Wildman–Crippen MR) is 110 cm³/mol. The topological polar surface area (TPSA) is 111 Å². The van der Waals surface area contributed by atoms with Gasteiger partial charge >= 0.3 is 18.2 Å². The van der Waals surface area contributed by atoms with Crippen molar-refractivity contribution in [3.05, 3.63) is 30.2 Å². The summed E-state index contributed by atoms with van der Waals surface area (Å²) in [6.45, 7) is 9.99. The first-order valence-corrected chi connectivity index (χ1v) is 9.55. The van der Waals surface area contributed by atoms with Crippen molar-refractivity contribution in [2.24, 2.45) is 0 Å². The quantitative estimate of drug-likeness (QED) is 0.592. The van der Waals surface area contributed by atoms with Gasteiger partial charge in [0, 0.05) is 24.2 Å². The van der Waals surface area contributed by atoms with E-state index in [0.717, 1.165) is 10.9 Å². The maximum absolute atomic E-state index is 12.9. The first-order chi connectivity index (χ1) is 13.8. The van der Waals surface area contributed by atoms with Gasteiger partial charge in [-0.25, -0.2) is 14.4 Å². The van der Waals surface area contributed by atoms with Gasteiger partial charge in [0.15, 0.2) is 0 Å². The maximum Gasteiger partial charge on any atom is 0.420 e. The molecule has 164 valence electrons. The molecule has 0 unspecified atom stereocenters. The van der Waals surface area contributed by atoms with E-state index in [4.69, 9.17) is 14.2 Å². The number of fused-ring (bicyclic) bond motifs is 1. The lowest BCUT2D eigenvalue weighted by Gasteiger charge is -2.32. The fourth-order valence-corrected chi connectivity index (χ4v) is 2.78. The van der Waals surface area contributed by atoms with Gasteiger partial charge in [0.1, 0.15) is 17.2 Å². The second-order valence-electron chi connectivity index (χ2n) is 8.81. The molecule has 2 amide bonds. The standard InChI is InChI=1S/C21H29N3O6/c1-20(2,3)29-18(26)24(19(27)30-21(4,5)6)16(17(25)28-7)10-13-11-23-15-12-22-9-8-14(13)15/h8-9,11-12,16,23H,10H2,1-7H3/t16-/m0/s1. The number of esters is 1. The van der Waals surface area contributed by atoms with Gasteiger partial charge in [-0.2, -0.15) is 4.90 Å². The number of ether oxygens (including phenoxy) is 3. The molecule has 1 N–H and O–H groups in total. The number of amides is 2. The maximum atomic E-state index is 12.9. The van der Waals surface area contributed by atoms with Crippen LogP contribution in [0.2, 0.25) is 0 Å². The third-order valence-electron chi connectivity index (χ3n) is 3.95. The third-order valence-corrected chi connectivity index (χ3v) is 3.95. The number of carbonyl (C=O) groups is 3. The lowest BCUT2D eigenvalue weighted by atomic mass is 10.0. The summed E-state index contributed by atoms with van der Waals surface area (Å²) in [5, 5.41) is 0.812. The second-order valence-corrected chi connectivity index (χ2v) is 8.81. The molecule has 0 saturated heterocycles. The highest BCUT2D eigenvalue weighted by molar-refractivity contribution is 5.94. The zero-order valence-corrected chi connectivity index (χ0v) is 18.4. The summed E-state index contributed by atoms with van der Waals surface area (Å²) in [4.78, 5) is 46.3. The molecule has 1 atom stereocenters. The number of carbonyl (C=O) groups excluding carboxylic acids is 3. The van der Waals surface area contributed by atoms with E-state index in [1.807, 2.05) is 0 Å². The van der Waals surface area contributed by atoms with Crippen molar-refractivity contribution in [2.75, 3.05) is 7.11 Å². The van der Waals surface area contributed by atoms with E-state index in [0.29, 0.717) is 10.5 Å². The van der Waals surface area contributed by atoms with Gasteiger partial charge < -0.3 is 19.2 Å². The number of methoxy groups -OCH3 is 1. The van der Waals surface area contributed by atoms with Crippen LogP contribution in [0, 0.1) is 0 Å². The third kappa shape index (κ3) is 5.95. The summed E-state index contributed by atoms with van der Waals surface area (Å²) in [6, 6.07) is 0.493. The molecule has 2 rings (SSSR count). The Labute approximate surface area is 175 Å². The summed E-state index contributed by atoms with van der Waals surface area (Å²) in [5.41, 5.74) is -0.299. The van der Waals surface area contributed by atoms with Gasteiger partial charge in [0.2, 0.25) is 0 Å². The predicted octanol–water partition coefficient (Wildman–Crippen LogP) is 3.82. The molecule has 0 saturated carbocycles. The minimum Gasteiger partial charge on any atom is -0.467 e. The Kier molecular flexibility index (Phi) is 6.74. The van der Waals surface area contributed by atoms with E-state index in [1.54, 1.807) is 66.2 Å². The molecule has 0 fully saturated rings. The summed E-state index contributed by atoms with van der Waals surface area (Å²) in [6.07, 6.45) is 2.99. The van der Waals surface area contributed by atoms with Crippen LogP contribution in [0.3, 0.4) is 0 Å². The fourth-order valence-electron chi connectivity index (χ4n) is 2.78. The molecule has 0 aliphatic rings. The van der Waals surface area contributed by atoms with Gasteiger partial charge in [0.05, 0.1) is 18.8 Å². The Bertz CT molecular complexity index is 895. The van der Waals surface area contributed by atoms with Gasteiger partial charge in [-0.1, -0.05) is 0 Å². The van der Waals surface area contributed by atoms with E-state index >= 15 is 0 Å². The van der Waals surface area contributed by atoms with Crippen LogP contribution in [0.5, 0.6) is 0 Å². The number of pyridine rings is 1. The highest BCUT2D eigenvalue weighted by atomic mass is 16.6. The summed E-state index contributed by atoms with van der Waals surface area (Å²) in [7, 11) is 1.19. The smallest absolute Gasteiger partial charge is 0.420 e. The van der Waals surface area contributed by atoms with Crippen molar-refractivity contribution in [2.45, 2.75) is 65.2 Å². The second kappa shape index (κ2) is 8.73. The molecule has 0 spiro atoms. The molecule has 0 aliphatic heterocycles. The molecule has 0 bridgehead atoms. The number of aromatic amines is 1. The lowest BCUT2D eigenvalue weighted by Crippen LogP contribution is -2.53. The molecular weight excluding hydrogens is 390 g/mol. The van der Waals surface area contributed by atoms with Crippen LogP contribution in [0.1, 0.15) is 47.1 Å². The van der Waals surface area contributed by atoms with Crippen molar-refractivity contribution in [3.8, 4) is 0 Å². The van der Waals surface area contributed by atoms with Crippen LogP contribution < -0.4 is 0 Å². The average molecular weight is 419 g/mol. The van der Waals surface area contributed by atoms with Crippen molar-refractivity contribution >= 4 is 29.1 Å². The lowest BCUT2D eigenvalue weighted by molar-refractivity contribution is -0.146. The Morgan fingerprint density at radius 1 is 1.07 bits per heavy atom. The highest BCUT2D eigenvalue weighted by Gasteiger charge is 2.41. The zero-order chi connectivity index (χ0) is 22.7. The Hall–Kier alpha value is -3.10. The van der Waals surface area contributed by atoms with Crippen molar-refractivity contribution in [1.82, 2.24) is 14.9 Å². The molecule has 9 heteroatoms. The zero-order valence-electron chi connectivity index (χ0n) is 18.4.